The van der Waals surface area contributed by atoms with Crippen molar-refractivity contribution < 1.29 is 8.42 Å². The average Bonchev–Trinajstić information content (AvgIpc) is 2.24. The second-order valence-electron chi connectivity index (χ2n) is 3.59. The zero-order valence-corrected chi connectivity index (χ0v) is 12.1. The summed E-state index contributed by atoms with van der Waals surface area (Å²) in [5.41, 5.74) is 0.645. The molecule has 0 N–H and O–H groups in total. The number of nitrogens with zero attached hydrogens (tertiary/aromatic N) is 1. The topological polar surface area (TPSA) is 37.4 Å². The summed E-state index contributed by atoms with van der Waals surface area (Å²) in [6, 6.07) is 4.87. The first-order valence-corrected chi connectivity index (χ1v) is 7.69. The molecule has 0 fully saturated rings. The Hall–Kier alpha value is -0.290. The van der Waals surface area contributed by atoms with Gasteiger partial charge in [-0.2, -0.15) is 0 Å². The Bertz CT molecular complexity index is 484. The van der Waals surface area contributed by atoms with E-state index >= 15 is 0 Å². The van der Waals surface area contributed by atoms with Crippen molar-refractivity contribution in [2.24, 2.45) is 0 Å². The minimum atomic E-state index is -3.27. The summed E-state index contributed by atoms with van der Waals surface area (Å²) in [5.74, 6) is -0.0500. The van der Waals surface area contributed by atoms with E-state index in [1.54, 1.807) is 18.2 Å². The van der Waals surface area contributed by atoms with Crippen molar-refractivity contribution in [3.8, 4) is 0 Å². The molecular formula is C11H15Cl2NO2S. The van der Waals surface area contributed by atoms with Gasteiger partial charge in [0.05, 0.1) is 15.8 Å². The molecule has 1 aromatic carbocycles. The summed E-state index contributed by atoms with van der Waals surface area (Å²) < 4.78 is 25.4. The number of rotatable bonds is 5. The smallest absolute Gasteiger partial charge is 0.212 e. The minimum absolute atomic E-state index is 0.0500. The van der Waals surface area contributed by atoms with Crippen molar-refractivity contribution in [1.29, 1.82) is 0 Å². The molecule has 0 saturated carbocycles. The lowest BCUT2D eigenvalue weighted by atomic mass is 10.2. The van der Waals surface area contributed by atoms with E-state index < -0.39 is 10.0 Å². The van der Waals surface area contributed by atoms with Crippen LogP contribution >= 0.6 is 23.2 Å². The molecule has 0 amide bonds. The highest BCUT2D eigenvalue weighted by atomic mass is 35.5. The Morgan fingerprint density at radius 1 is 1.12 bits per heavy atom. The SMILES string of the molecule is CCN(CC)S(=O)(=O)Cc1ccc(Cl)c(Cl)c1. The fraction of sp³-hybridized carbons (Fsp3) is 0.455. The van der Waals surface area contributed by atoms with Crippen LogP contribution in [0.15, 0.2) is 18.2 Å². The molecule has 1 aromatic rings. The first-order chi connectivity index (χ1) is 7.90. The first-order valence-electron chi connectivity index (χ1n) is 5.32. The van der Waals surface area contributed by atoms with Gasteiger partial charge in [-0.05, 0) is 17.7 Å². The van der Waals surface area contributed by atoms with Crippen molar-refractivity contribution in [1.82, 2.24) is 4.31 Å². The summed E-state index contributed by atoms with van der Waals surface area (Å²) in [6.45, 7) is 4.58. The van der Waals surface area contributed by atoms with Crippen LogP contribution in [0.2, 0.25) is 10.0 Å². The van der Waals surface area contributed by atoms with Crippen LogP contribution in [0.5, 0.6) is 0 Å². The molecule has 0 aliphatic carbocycles. The number of halogens is 2. The number of sulfonamides is 1. The lowest BCUT2D eigenvalue weighted by Gasteiger charge is -2.18. The summed E-state index contributed by atoms with van der Waals surface area (Å²) in [6.07, 6.45) is 0. The second-order valence-corrected chi connectivity index (χ2v) is 6.37. The average molecular weight is 296 g/mol. The van der Waals surface area contributed by atoms with E-state index in [9.17, 15) is 8.42 Å². The molecule has 0 bridgehead atoms. The molecule has 3 nitrogen and oxygen atoms in total. The predicted molar refractivity (Wildman–Crippen MR) is 72.0 cm³/mol. The van der Waals surface area contributed by atoms with Crippen molar-refractivity contribution in [3.05, 3.63) is 33.8 Å². The molecule has 0 aliphatic heterocycles. The number of benzene rings is 1. The van der Waals surface area contributed by atoms with Gasteiger partial charge in [0, 0.05) is 13.1 Å². The minimum Gasteiger partial charge on any atom is -0.212 e. The summed E-state index contributed by atoms with van der Waals surface area (Å²) in [4.78, 5) is 0. The van der Waals surface area contributed by atoms with Crippen LogP contribution in [0, 0.1) is 0 Å². The molecule has 0 spiro atoms. The van der Waals surface area contributed by atoms with Crippen LogP contribution in [0.1, 0.15) is 19.4 Å². The van der Waals surface area contributed by atoms with E-state index in [1.807, 2.05) is 13.8 Å². The van der Waals surface area contributed by atoms with Gasteiger partial charge in [-0.3, -0.25) is 0 Å². The Morgan fingerprint density at radius 3 is 2.18 bits per heavy atom. The molecule has 1 rings (SSSR count). The van der Waals surface area contributed by atoms with E-state index in [4.69, 9.17) is 23.2 Å². The summed E-state index contributed by atoms with van der Waals surface area (Å²) >= 11 is 11.6. The Kier molecular flexibility index (Phi) is 5.25. The van der Waals surface area contributed by atoms with E-state index in [1.165, 1.54) is 4.31 Å². The molecule has 0 aliphatic rings. The predicted octanol–water partition coefficient (Wildman–Crippen LogP) is 3.17. The fourth-order valence-electron chi connectivity index (χ4n) is 1.55. The molecule has 96 valence electrons. The van der Waals surface area contributed by atoms with Gasteiger partial charge in [-0.25, -0.2) is 12.7 Å². The maximum Gasteiger partial charge on any atom is 0.218 e. The zero-order chi connectivity index (χ0) is 13.1. The zero-order valence-electron chi connectivity index (χ0n) is 9.78. The largest absolute Gasteiger partial charge is 0.218 e. The van der Waals surface area contributed by atoms with Gasteiger partial charge in [-0.1, -0.05) is 43.1 Å². The van der Waals surface area contributed by atoms with Gasteiger partial charge in [0.25, 0.3) is 0 Å². The normalized spacial score (nSPS) is 12.1. The monoisotopic (exact) mass is 295 g/mol. The maximum absolute atomic E-state index is 12.0. The van der Waals surface area contributed by atoms with Crippen LogP contribution < -0.4 is 0 Å². The van der Waals surface area contributed by atoms with E-state index in [2.05, 4.69) is 0 Å². The van der Waals surface area contributed by atoms with Crippen molar-refractivity contribution in [2.75, 3.05) is 13.1 Å². The van der Waals surface area contributed by atoms with E-state index in [0.717, 1.165) is 0 Å². The second kappa shape index (κ2) is 6.05. The molecular weight excluding hydrogens is 281 g/mol. The molecule has 17 heavy (non-hydrogen) atoms. The van der Waals surface area contributed by atoms with Crippen molar-refractivity contribution in [3.63, 3.8) is 0 Å². The standard InChI is InChI=1S/C11H15Cl2NO2S/c1-3-14(4-2)17(15,16)8-9-5-6-10(12)11(13)7-9/h5-7H,3-4,8H2,1-2H3. The number of hydrogen-bond acceptors (Lipinski definition) is 2. The third-order valence-corrected chi connectivity index (χ3v) is 5.17. The summed E-state index contributed by atoms with van der Waals surface area (Å²) in [5, 5.41) is 0.801. The van der Waals surface area contributed by atoms with Crippen LogP contribution in [0.4, 0.5) is 0 Å². The molecule has 0 aromatic heterocycles. The van der Waals surface area contributed by atoms with Crippen LogP contribution in [0.25, 0.3) is 0 Å². The van der Waals surface area contributed by atoms with Gasteiger partial charge >= 0.3 is 0 Å². The fourth-order valence-corrected chi connectivity index (χ4v) is 3.44. The van der Waals surface area contributed by atoms with E-state index in [-0.39, 0.29) is 5.75 Å². The van der Waals surface area contributed by atoms with Gasteiger partial charge in [-0.15, -0.1) is 0 Å². The lowest BCUT2D eigenvalue weighted by molar-refractivity contribution is 0.444. The Morgan fingerprint density at radius 2 is 1.71 bits per heavy atom. The Balaban J connectivity index is 2.94. The molecule has 6 heteroatoms. The maximum atomic E-state index is 12.0. The molecule has 0 atom stereocenters. The van der Waals surface area contributed by atoms with Crippen molar-refractivity contribution in [2.45, 2.75) is 19.6 Å². The highest BCUT2D eigenvalue weighted by Crippen LogP contribution is 2.24. The summed E-state index contributed by atoms with van der Waals surface area (Å²) in [7, 11) is -3.27. The Labute approximate surface area is 112 Å². The lowest BCUT2D eigenvalue weighted by Crippen LogP contribution is -2.31. The van der Waals surface area contributed by atoms with Gasteiger partial charge in [0.2, 0.25) is 10.0 Å². The molecule has 0 heterocycles. The van der Waals surface area contributed by atoms with Gasteiger partial charge in [0.1, 0.15) is 0 Å². The van der Waals surface area contributed by atoms with Crippen molar-refractivity contribution >= 4 is 33.2 Å². The quantitative estimate of drug-likeness (QED) is 0.837. The highest BCUT2D eigenvalue weighted by molar-refractivity contribution is 7.88. The molecule has 0 saturated heterocycles. The van der Waals surface area contributed by atoms with Gasteiger partial charge < -0.3 is 0 Å². The van der Waals surface area contributed by atoms with E-state index in [0.29, 0.717) is 28.7 Å². The molecule has 0 unspecified atom stereocenters. The molecule has 0 radical (unpaired) electrons. The van der Waals surface area contributed by atoms with Crippen LogP contribution in [-0.4, -0.2) is 25.8 Å². The third kappa shape index (κ3) is 3.85. The van der Waals surface area contributed by atoms with Crippen LogP contribution in [-0.2, 0) is 15.8 Å². The van der Waals surface area contributed by atoms with Crippen LogP contribution in [0.3, 0.4) is 0 Å². The van der Waals surface area contributed by atoms with Gasteiger partial charge in [0.15, 0.2) is 0 Å². The third-order valence-electron chi connectivity index (χ3n) is 2.43. The first kappa shape index (κ1) is 14.8. The number of hydrogen-bond donors (Lipinski definition) is 0. The highest BCUT2D eigenvalue weighted by Gasteiger charge is 2.19.